The molecule has 0 bridgehead atoms. The molecule has 2 heterocycles. The Kier molecular flexibility index (Phi) is 5.71. The van der Waals surface area contributed by atoms with Crippen molar-refractivity contribution in [1.29, 1.82) is 0 Å². The van der Waals surface area contributed by atoms with E-state index in [-0.39, 0.29) is 11.7 Å². The lowest BCUT2D eigenvalue weighted by Gasteiger charge is -2.13. The molecule has 0 unspecified atom stereocenters. The van der Waals surface area contributed by atoms with E-state index in [1.54, 1.807) is 17.0 Å². The van der Waals surface area contributed by atoms with Crippen LogP contribution in [0.15, 0.2) is 88.4 Å². The Bertz CT molecular complexity index is 1400. The monoisotopic (exact) mass is 522 g/mol. The fourth-order valence-corrected chi connectivity index (χ4v) is 5.41. The fourth-order valence-electron chi connectivity index (χ4n) is 3.76. The highest BCUT2D eigenvalue weighted by atomic mass is 79.9. The second kappa shape index (κ2) is 8.65. The maximum Gasteiger partial charge on any atom is 0.270 e. The van der Waals surface area contributed by atoms with Crippen LogP contribution in [0.1, 0.15) is 11.1 Å². The van der Waals surface area contributed by atoms with Crippen LogP contribution in [0.5, 0.6) is 0 Å². The first-order chi connectivity index (χ1) is 15.5. The largest absolute Gasteiger partial charge is 0.342 e. The van der Waals surface area contributed by atoms with Crippen molar-refractivity contribution in [3.8, 4) is 0 Å². The molecule has 0 radical (unpaired) electrons. The van der Waals surface area contributed by atoms with Gasteiger partial charge in [0, 0.05) is 32.7 Å². The van der Waals surface area contributed by atoms with Crippen molar-refractivity contribution in [1.82, 2.24) is 4.57 Å². The van der Waals surface area contributed by atoms with Crippen LogP contribution in [0.4, 0.5) is 10.1 Å². The van der Waals surface area contributed by atoms with Gasteiger partial charge in [0.05, 0.1) is 17.1 Å². The zero-order valence-electron chi connectivity index (χ0n) is 16.7. The molecule has 3 nitrogen and oxygen atoms in total. The molecule has 0 N–H and O–H groups in total. The van der Waals surface area contributed by atoms with E-state index < -0.39 is 0 Å². The molecule has 1 amide bonds. The lowest BCUT2D eigenvalue weighted by molar-refractivity contribution is -0.113. The van der Waals surface area contributed by atoms with Gasteiger partial charge in [-0.2, -0.15) is 0 Å². The number of amides is 1. The summed E-state index contributed by atoms with van der Waals surface area (Å²) in [6.45, 7) is 0.392. The number of anilines is 1. The molecule has 1 aromatic heterocycles. The van der Waals surface area contributed by atoms with Crippen LogP contribution in [0, 0.1) is 5.82 Å². The van der Waals surface area contributed by atoms with E-state index >= 15 is 0 Å². The van der Waals surface area contributed by atoms with Crippen LogP contribution in [0.25, 0.3) is 17.0 Å². The molecule has 1 aliphatic heterocycles. The number of hydrogen-bond donors (Lipinski definition) is 0. The highest BCUT2D eigenvalue weighted by Gasteiger charge is 2.33. The number of carbonyl (C=O) groups excluding carboxylic acids is 1. The van der Waals surface area contributed by atoms with Gasteiger partial charge in [-0.05, 0) is 42.5 Å². The molecule has 0 aliphatic carbocycles. The second-order valence-corrected chi connectivity index (χ2v) is 9.91. The first kappa shape index (κ1) is 21.1. The third-order valence-electron chi connectivity index (χ3n) is 5.27. The highest BCUT2D eigenvalue weighted by molar-refractivity contribution is 9.10. The van der Waals surface area contributed by atoms with Crippen molar-refractivity contribution >= 4 is 72.8 Å². The lowest BCUT2D eigenvalue weighted by Crippen LogP contribution is -2.27. The minimum absolute atomic E-state index is 0.142. The number of nitrogens with zero attached hydrogens (tertiary/aromatic N) is 2. The molecular formula is C25H16BrFN2OS2. The Balaban J connectivity index is 1.57. The summed E-state index contributed by atoms with van der Waals surface area (Å²) in [6, 6.07) is 22.1. The molecule has 4 aromatic rings. The predicted octanol–water partition coefficient (Wildman–Crippen LogP) is 7.00. The molecule has 3 aromatic carbocycles. The van der Waals surface area contributed by atoms with Crippen molar-refractivity contribution < 1.29 is 9.18 Å². The molecule has 0 saturated carbocycles. The number of benzene rings is 3. The van der Waals surface area contributed by atoms with Crippen molar-refractivity contribution in [3.63, 3.8) is 0 Å². The Hall–Kier alpha value is -2.74. The highest BCUT2D eigenvalue weighted by Crippen LogP contribution is 2.37. The van der Waals surface area contributed by atoms with E-state index in [2.05, 4.69) is 15.9 Å². The summed E-state index contributed by atoms with van der Waals surface area (Å²) < 4.78 is 17.7. The zero-order valence-corrected chi connectivity index (χ0v) is 19.9. The summed E-state index contributed by atoms with van der Waals surface area (Å²) in [4.78, 5) is 15.3. The van der Waals surface area contributed by atoms with Crippen LogP contribution in [0.2, 0.25) is 0 Å². The average molecular weight is 523 g/mol. The van der Waals surface area contributed by atoms with Gasteiger partial charge in [0.1, 0.15) is 5.82 Å². The third kappa shape index (κ3) is 3.92. The lowest BCUT2D eigenvalue weighted by atomic mass is 10.1. The van der Waals surface area contributed by atoms with Crippen molar-refractivity contribution in [2.75, 3.05) is 4.90 Å². The second-order valence-electron chi connectivity index (χ2n) is 7.32. The Morgan fingerprint density at radius 3 is 2.56 bits per heavy atom. The molecule has 32 heavy (non-hydrogen) atoms. The van der Waals surface area contributed by atoms with E-state index in [1.165, 1.54) is 17.8 Å². The minimum Gasteiger partial charge on any atom is -0.342 e. The molecule has 0 spiro atoms. The van der Waals surface area contributed by atoms with Gasteiger partial charge in [0.2, 0.25) is 0 Å². The van der Waals surface area contributed by atoms with E-state index in [0.29, 0.717) is 21.3 Å². The minimum atomic E-state index is -0.239. The Morgan fingerprint density at radius 2 is 1.78 bits per heavy atom. The maximum atomic E-state index is 14.3. The SMILES string of the molecule is O=C1/C(=C/c2cn(Cc3ccccc3F)c3ccc(Br)cc23)SC(=S)N1c1ccccc1. The number of para-hydroxylation sites is 1. The Labute approximate surface area is 202 Å². The van der Waals surface area contributed by atoms with Gasteiger partial charge in [-0.3, -0.25) is 9.69 Å². The number of carbonyl (C=O) groups is 1. The molecule has 7 heteroatoms. The summed E-state index contributed by atoms with van der Waals surface area (Å²) in [6.07, 6.45) is 3.83. The number of rotatable bonds is 4. The van der Waals surface area contributed by atoms with Gasteiger partial charge in [-0.15, -0.1) is 0 Å². The molecule has 1 fully saturated rings. The number of fused-ring (bicyclic) bond motifs is 1. The van der Waals surface area contributed by atoms with E-state index in [1.807, 2.05) is 71.4 Å². The van der Waals surface area contributed by atoms with Crippen LogP contribution in [-0.2, 0) is 11.3 Å². The first-order valence-electron chi connectivity index (χ1n) is 9.86. The summed E-state index contributed by atoms with van der Waals surface area (Å²) in [7, 11) is 0. The normalized spacial score (nSPS) is 15.3. The number of thioether (sulfide) groups is 1. The standard InChI is InChI=1S/C25H16BrFN2OS2/c26-18-10-11-22-20(13-18)17(15-28(22)14-16-6-4-5-9-21(16)27)12-23-24(30)29(25(31)32-23)19-7-2-1-3-8-19/h1-13,15H,14H2/b23-12-. The zero-order chi connectivity index (χ0) is 22.2. The van der Waals surface area contributed by atoms with Gasteiger partial charge >= 0.3 is 0 Å². The molecule has 0 atom stereocenters. The van der Waals surface area contributed by atoms with Gasteiger partial charge in [-0.1, -0.05) is 76.3 Å². The molecule has 5 rings (SSSR count). The molecular weight excluding hydrogens is 507 g/mol. The van der Waals surface area contributed by atoms with E-state index in [4.69, 9.17) is 12.2 Å². The maximum absolute atomic E-state index is 14.3. The molecule has 1 saturated heterocycles. The van der Waals surface area contributed by atoms with Crippen LogP contribution in [0.3, 0.4) is 0 Å². The van der Waals surface area contributed by atoms with Gasteiger partial charge in [0.25, 0.3) is 5.91 Å². The van der Waals surface area contributed by atoms with Gasteiger partial charge in [-0.25, -0.2) is 4.39 Å². The summed E-state index contributed by atoms with van der Waals surface area (Å²) >= 11 is 10.3. The Morgan fingerprint density at radius 1 is 1.03 bits per heavy atom. The first-order valence-corrected chi connectivity index (χ1v) is 11.9. The van der Waals surface area contributed by atoms with E-state index in [0.717, 1.165) is 26.6 Å². The van der Waals surface area contributed by atoms with Crippen LogP contribution in [-0.4, -0.2) is 14.8 Å². The molecule has 1 aliphatic rings. The number of thiocarbonyl (C=S) groups is 1. The van der Waals surface area contributed by atoms with Crippen molar-refractivity contribution in [2.24, 2.45) is 0 Å². The quantitative estimate of drug-likeness (QED) is 0.213. The number of aromatic nitrogens is 1. The van der Waals surface area contributed by atoms with Crippen molar-refractivity contribution in [3.05, 3.63) is 105 Å². The number of halogens is 2. The van der Waals surface area contributed by atoms with Crippen LogP contribution < -0.4 is 4.90 Å². The summed E-state index contributed by atoms with van der Waals surface area (Å²) in [5, 5.41) is 0.973. The number of hydrogen-bond acceptors (Lipinski definition) is 3. The summed E-state index contributed by atoms with van der Waals surface area (Å²) in [5.74, 6) is -0.382. The van der Waals surface area contributed by atoms with Crippen molar-refractivity contribution in [2.45, 2.75) is 6.54 Å². The third-order valence-corrected chi connectivity index (χ3v) is 7.06. The van der Waals surface area contributed by atoms with Gasteiger partial charge < -0.3 is 4.57 Å². The fraction of sp³-hybridized carbons (Fsp3) is 0.0400. The predicted molar refractivity (Wildman–Crippen MR) is 137 cm³/mol. The molecule has 158 valence electrons. The topological polar surface area (TPSA) is 25.2 Å². The summed E-state index contributed by atoms with van der Waals surface area (Å²) in [5.41, 5.74) is 3.20. The average Bonchev–Trinajstić information content (AvgIpc) is 3.26. The smallest absolute Gasteiger partial charge is 0.270 e. The van der Waals surface area contributed by atoms with Gasteiger partial charge in [0.15, 0.2) is 4.32 Å². The van der Waals surface area contributed by atoms with Crippen LogP contribution >= 0.6 is 39.9 Å². The van der Waals surface area contributed by atoms with E-state index in [9.17, 15) is 9.18 Å².